The van der Waals surface area contributed by atoms with Crippen molar-refractivity contribution in [2.24, 2.45) is 0 Å². The van der Waals surface area contributed by atoms with Crippen LogP contribution in [0.1, 0.15) is 32.3 Å². The van der Waals surface area contributed by atoms with Crippen LogP contribution in [0.25, 0.3) is 0 Å². The van der Waals surface area contributed by atoms with Gasteiger partial charge in [-0.05, 0) is 25.0 Å². The van der Waals surface area contributed by atoms with E-state index in [9.17, 15) is 9.18 Å². The molecule has 1 heterocycles. The van der Waals surface area contributed by atoms with Gasteiger partial charge in [0.2, 0.25) is 5.91 Å². The van der Waals surface area contributed by atoms with E-state index in [4.69, 9.17) is 0 Å². The van der Waals surface area contributed by atoms with Crippen LogP contribution in [0, 0.1) is 5.82 Å². The minimum atomic E-state index is -0.386. The summed E-state index contributed by atoms with van der Waals surface area (Å²) in [5, 5.41) is 2.88. The summed E-state index contributed by atoms with van der Waals surface area (Å²) >= 11 is 0. The fourth-order valence-electron chi connectivity index (χ4n) is 2.69. The van der Waals surface area contributed by atoms with Gasteiger partial charge < -0.3 is 5.32 Å². The average molecular weight is 221 g/mol. The smallest absolute Gasteiger partial charge is 0.221 e. The van der Waals surface area contributed by atoms with Crippen LogP contribution in [0.4, 0.5) is 4.39 Å². The Kier molecular flexibility index (Phi) is 2.70. The van der Waals surface area contributed by atoms with Gasteiger partial charge in [-0.1, -0.05) is 25.1 Å². The third kappa shape index (κ3) is 1.51. The summed E-state index contributed by atoms with van der Waals surface area (Å²) in [6.45, 7) is 3.95. The van der Waals surface area contributed by atoms with E-state index in [2.05, 4.69) is 5.32 Å². The molecule has 16 heavy (non-hydrogen) atoms. The molecule has 1 aromatic carbocycles. The van der Waals surface area contributed by atoms with Crippen molar-refractivity contribution in [3.8, 4) is 0 Å². The fourth-order valence-corrected chi connectivity index (χ4v) is 2.69. The molecule has 1 N–H and O–H groups in total. The van der Waals surface area contributed by atoms with Crippen LogP contribution in [0.3, 0.4) is 0 Å². The molecule has 1 aliphatic heterocycles. The molecule has 0 radical (unpaired) electrons. The van der Waals surface area contributed by atoms with Crippen LogP contribution in [-0.4, -0.2) is 11.9 Å². The van der Waals surface area contributed by atoms with E-state index in [1.54, 1.807) is 12.1 Å². The maximum atomic E-state index is 13.8. The minimum absolute atomic E-state index is 0.0117. The zero-order chi connectivity index (χ0) is 11.8. The fraction of sp³-hybridized carbons (Fsp3) is 0.462. The van der Waals surface area contributed by atoms with Gasteiger partial charge >= 0.3 is 0 Å². The lowest BCUT2D eigenvalue weighted by Crippen LogP contribution is -2.38. The molecule has 1 saturated heterocycles. The normalized spacial score (nSPS) is 29.2. The number of halogens is 1. The zero-order valence-corrected chi connectivity index (χ0v) is 9.59. The van der Waals surface area contributed by atoms with E-state index in [1.165, 1.54) is 6.07 Å². The minimum Gasteiger partial charge on any atom is -0.353 e. The van der Waals surface area contributed by atoms with Gasteiger partial charge in [0, 0.05) is 17.9 Å². The average Bonchev–Trinajstić information content (AvgIpc) is 2.55. The number of amides is 1. The summed E-state index contributed by atoms with van der Waals surface area (Å²) < 4.78 is 13.8. The lowest BCUT2D eigenvalue weighted by molar-refractivity contribution is -0.119. The number of hydrogen-bond acceptors (Lipinski definition) is 1. The Hall–Kier alpha value is -1.38. The number of benzene rings is 1. The molecular weight excluding hydrogens is 205 g/mol. The SMILES string of the molecule is CCC1(c2ccccc2F)CC(=O)NC1C. The Bertz CT molecular complexity index is 418. The van der Waals surface area contributed by atoms with E-state index in [0.29, 0.717) is 12.0 Å². The Morgan fingerprint density at radius 1 is 1.50 bits per heavy atom. The van der Waals surface area contributed by atoms with Gasteiger partial charge in [0.1, 0.15) is 5.82 Å². The molecule has 86 valence electrons. The van der Waals surface area contributed by atoms with E-state index in [0.717, 1.165) is 6.42 Å². The van der Waals surface area contributed by atoms with Crippen molar-refractivity contribution in [3.63, 3.8) is 0 Å². The monoisotopic (exact) mass is 221 g/mol. The lowest BCUT2D eigenvalue weighted by atomic mass is 9.72. The summed E-state index contributed by atoms with van der Waals surface area (Å²) in [6, 6.07) is 6.74. The van der Waals surface area contributed by atoms with Crippen LogP contribution >= 0.6 is 0 Å². The van der Waals surface area contributed by atoms with E-state index in [-0.39, 0.29) is 23.2 Å². The molecular formula is C13H16FNO. The molecule has 2 unspecified atom stereocenters. The summed E-state index contributed by atoms with van der Waals surface area (Å²) in [4.78, 5) is 11.5. The quantitative estimate of drug-likeness (QED) is 0.816. The summed E-state index contributed by atoms with van der Waals surface area (Å²) in [6.07, 6.45) is 1.14. The topological polar surface area (TPSA) is 29.1 Å². The predicted octanol–water partition coefficient (Wildman–Crippen LogP) is 2.38. The first kappa shape index (κ1) is 11.1. The number of carbonyl (C=O) groups is 1. The van der Waals surface area contributed by atoms with Gasteiger partial charge in [-0.3, -0.25) is 4.79 Å². The van der Waals surface area contributed by atoms with Gasteiger partial charge in [0.25, 0.3) is 0 Å². The van der Waals surface area contributed by atoms with Crippen LogP contribution in [-0.2, 0) is 10.2 Å². The maximum absolute atomic E-state index is 13.8. The van der Waals surface area contributed by atoms with Gasteiger partial charge in [0.05, 0.1) is 0 Å². The van der Waals surface area contributed by atoms with Crippen molar-refractivity contribution in [1.82, 2.24) is 5.32 Å². The molecule has 2 rings (SSSR count). The van der Waals surface area contributed by atoms with E-state index >= 15 is 0 Å². The molecule has 0 spiro atoms. The van der Waals surface area contributed by atoms with Gasteiger partial charge in [0.15, 0.2) is 0 Å². The summed E-state index contributed by atoms with van der Waals surface area (Å²) in [5.74, 6) is -0.203. The van der Waals surface area contributed by atoms with Crippen LogP contribution in [0.15, 0.2) is 24.3 Å². The van der Waals surface area contributed by atoms with Crippen molar-refractivity contribution in [2.45, 2.75) is 38.1 Å². The lowest BCUT2D eigenvalue weighted by Gasteiger charge is -2.31. The Labute approximate surface area is 94.9 Å². The highest BCUT2D eigenvalue weighted by atomic mass is 19.1. The maximum Gasteiger partial charge on any atom is 0.221 e. The number of hydrogen-bond donors (Lipinski definition) is 1. The van der Waals surface area contributed by atoms with Crippen molar-refractivity contribution in [1.29, 1.82) is 0 Å². The number of rotatable bonds is 2. The van der Waals surface area contributed by atoms with E-state index < -0.39 is 0 Å². The largest absolute Gasteiger partial charge is 0.353 e. The van der Waals surface area contributed by atoms with E-state index in [1.807, 2.05) is 19.9 Å². The first-order valence-electron chi connectivity index (χ1n) is 5.64. The first-order valence-corrected chi connectivity index (χ1v) is 5.64. The third-order valence-electron chi connectivity index (χ3n) is 3.72. The van der Waals surface area contributed by atoms with Gasteiger partial charge in [-0.25, -0.2) is 4.39 Å². The molecule has 1 aromatic rings. The highest BCUT2D eigenvalue weighted by molar-refractivity contribution is 5.81. The Morgan fingerprint density at radius 3 is 2.69 bits per heavy atom. The summed E-state index contributed by atoms with van der Waals surface area (Å²) in [7, 11) is 0. The number of carbonyl (C=O) groups excluding carboxylic acids is 1. The summed E-state index contributed by atoms with van der Waals surface area (Å²) in [5.41, 5.74) is 0.269. The second kappa shape index (κ2) is 3.89. The van der Waals surface area contributed by atoms with Crippen LogP contribution in [0.5, 0.6) is 0 Å². The van der Waals surface area contributed by atoms with Crippen molar-refractivity contribution in [2.75, 3.05) is 0 Å². The highest BCUT2D eigenvalue weighted by Crippen LogP contribution is 2.40. The van der Waals surface area contributed by atoms with Crippen LogP contribution in [0.2, 0.25) is 0 Å². The molecule has 1 amide bonds. The zero-order valence-electron chi connectivity index (χ0n) is 9.59. The molecule has 1 aliphatic rings. The Balaban J connectivity index is 2.50. The third-order valence-corrected chi connectivity index (χ3v) is 3.72. The van der Waals surface area contributed by atoms with Crippen molar-refractivity contribution in [3.05, 3.63) is 35.6 Å². The second-order valence-corrected chi connectivity index (χ2v) is 4.46. The molecule has 0 saturated carbocycles. The molecule has 0 aliphatic carbocycles. The molecule has 2 atom stereocenters. The molecule has 0 bridgehead atoms. The molecule has 2 nitrogen and oxygen atoms in total. The Morgan fingerprint density at radius 2 is 2.19 bits per heavy atom. The standard InChI is InChI=1S/C13H16FNO/c1-3-13(8-12(16)15-9(13)2)10-6-4-5-7-11(10)14/h4-7,9H,3,8H2,1-2H3,(H,15,16). The van der Waals surface area contributed by atoms with Crippen molar-refractivity contribution >= 4 is 5.91 Å². The molecule has 0 aromatic heterocycles. The van der Waals surface area contributed by atoms with Crippen molar-refractivity contribution < 1.29 is 9.18 Å². The van der Waals surface area contributed by atoms with Gasteiger partial charge in [-0.2, -0.15) is 0 Å². The van der Waals surface area contributed by atoms with Crippen LogP contribution < -0.4 is 5.32 Å². The highest BCUT2D eigenvalue weighted by Gasteiger charge is 2.45. The number of nitrogens with one attached hydrogen (secondary N) is 1. The predicted molar refractivity (Wildman–Crippen MR) is 60.6 cm³/mol. The molecule has 1 fully saturated rings. The van der Waals surface area contributed by atoms with Gasteiger partial charge in [-0.15, -0.1) is 0 Å². The first-order chi connectivity index (χ1) is 7.60. The molecule has 3 heteroatoms. The second-order valence-electron chi connectivity index (χ2n) is 4.46.